The number of hydrogen-bond acceptors (Lipinski definition) is 6. The molecule has 0 aliphatic carbocycles. The lowest BCUT2D eigenvalue weighted by molar-refractivity contribution is 0.415. The van der Waals surface area contributed by atoms with Gasteiger partial charge in [0.25, 0.3) is 0 Å². The average Bonchev–Trinajstić information content (AvgIpc) is 3.22. The van der Waals surface area contributed by atoms with Gasteiger partial charge in [0.05, 0.1) is 25.6 Å². The molecule has 0 fully saturated rings. The number of fused-ring (bicyclic) bond motifs is 1. The van der Waals surface area contributed by atoms with Gasteiger partial charge < -0.3 is 19.7 Å². The van der Waals surface area contributed by atoms with E-state index in [0.29, 0.717) is 5.95 Å². The van der Waals surface area contributed by atoms with E-state index in [9.17, 15) is 0 Å². The Morgan fingerprint density at radius 3 is 2.45 bits per heavy atom. The van der Waals surface area contributed by atoms with Crippen LogP contribution in [-0.2, 0) is 0 Å². The maximum absolute atomic E-state index is 5.57. The minimum Gasteiger partial charge on any atom is -0.497 e. The quantitative estimate of drug-likeness (QED) is 0.533. The second kappa shape index (κ2) is 7.71. The zero-order valence-electron chi connectivity index (χ0n) is 16.9. The first-order valence-electron chi connectivity index (χ1n) is 9.20. The number of anilines is 3. The summed E-state index contributed by atoms with van der Waals surface area (Å²) in [5, 5.41) is 3.37. The van der Waals surface area contributed by atoms with Crippen molar-refractivity contribution in [2.75, 3.05) is 38.5 Å². The molecule has 2 heterocycles. The number of ether oxygens (including phenoxy) is 2. The van der Waals surface area contributed by atoms with Gasteiger partial charge in [-0.05, 0) is 36.4 Å². The highest BCUT2D eigenvalue weighted by molar-refractivity contribution is 5.73. The number of nitrogens with zero attached hydrogens (tertiary/aromatic N) is 4. The number of nitrogens with one attached hydrogen (secondary N) is 1. The van der Waals surface area contributed by atoms with Crippen LogP contribution >= 0.6 is 0 Å². The summed E-state index contributed by atoms with van der Waals surface area (Å²) in [6, 6.07) is 15.7. The second-order valence-corrected chi connectivity index (χ2v) is 6.75. The molecule has 4 rings (SSSR count). The molecule has 7 nitrogen and oxygen atoms in total. The first kappa shape index (κ1) is 18.6. The molecule has 0 amide bonds. The van der Waals surface area contributed by atoms with E-state index < -0.39 is 0 Å². The Balaban J connectivity index is 1.76. The number of methoxy groups -OCH3 is 2. The van der Waals surface area contributed by atoms with Gasteiger partial charge in [0.15, 0.2) is 0 Å². The molecule has 0 saturated carbocycles. The van der Waals surface area contributed by atoms with Crippen molar-refractivity contribution in [2.24, 2.45) is 0 Å². The van der Waals surface area contributed by atoms with Gasteiger partial charge in [-0.2, -0.15) is 0 Å². The van der Waals surface area contributed by atoms with Gasteiger partial charge in [-0.25, -0.2) is 9.97 Å². The van der Waals surface area contributed by atoms with Crippen LogP contribution < -0.4 is 19.7 Å². The largest absolute Gasteiger partial charge is 0.497 e. The number of hydrogen-bond donors (Lipinski definition) is 1. The lowest BCUT2D eigenvalue weighted by Gasteiger charge is -2.17. The first-order chi connectivity index (χ1) is 14.1. The molecule has 2 aromatic heterocycles. The van der Waals surface area contributed by atoms with Crippen LogP contribution in [0.5, 0.6) is 11.5 Å². The third-order valence-electron chi connectivity index (χ3n) is 4.69. The molecule has 0 bridgehead atoms. The summed E-state index contributed by atoms with van der Waals surface area (Å²) >= 11 is 0. The van der Waals surface area contributed by atoms with Gasteiger partial charge in [-0.3, -0.25) is 4.40 Å². The Hall–Kier alpha value is -3.74. The van der Waals surface area contributed by atoms with Gasteiger partial charge >= 0.3 is 0 Å². The summed E-state index contributed by atoms with van der Waals surface area (Å²) < 4.78 is 12.7. The van der Waals surface area contributed by atoms with Crippen molar-refractivity contribution in [1.82, 2.24) is 14.4 Å². The van der Waals surface area contributed by atoms with Crippen LogP contribution in [0.2, 0.25) is 0 Å². The highest BCUT2D eigenvalue weighted by atomic mass is 16.5. The van der Waals surface area contributed by atoms with Crippen molar-refractivity contribution in [2.45, 2.75) is 0 Å². The molecule has 2 aromatic carbocycles. The van der Waals surface area contributed by atoms with Crippen LogP contribution in [-0.4, -0.2) is 42.7 Å². The summed E-state index contributed by atoms with van der Waals surface area (Å²) in [5.74, 6) is 2.27. The van der Waals surface area contributed by atoms with Crippen LogP contribution in [0.3, 0.4) is 0 Å². The molecule has 7 heteroatoms. The van der Waals surface area contributed by atoms with E-state index in [1.807, 2.05) is 78.1 Å². The topological polar surface area (TPSA) is 63.9 Å². The van der Waals surface area contributed by atoms with E-state index in [0.717, 1.165) is 39.8 Å². The standard InChI is InChI=1S/C22H23N5O2/c1-26(2)19-10-5-15(13-20(19)29-4)18-14-21-23-11-12-27(21)22(25-18)24-16-6-8-17(28-3)9-7-16/h5-14H,1-4H3,(H,24,25). The third kappa shape index (κ3) is 3.67. The molecule has 1 N–H and O–H groups in total. The number of rotatable bonds is 6. The minimum absolute atomic E-state index is 0.677. The fourth-order valence-electron chi connectivity index (χ4n) is 3.17. The molecular formula is C22H23N5O2. The molecule has 0 atom stereocenters. The number of aromatic nitrogens is 3. The SMILES string of the molecule is COc1ccc(Nc2nc(-c3ccc(N(C)C)c(OC)c3)cc3nccn23)cc1. The van der Waals surface area contributed by atoms with E-state index in [1.54, 1.807) is 20.4 Å². The van der Waals surface area contributed by atoms with Crippen molar-refractivity contribution in [1.29, 1.82) is 0 Å². The highest BCUT2D eigenvalue weighted by Gasteiger charge is 2.12. The smallest absolute Gasteiger partial charge is 0.213 e. The molecule has 0 radical (unpaired) electrons. The average molecular weight is 389 g/mol. The molecule has 0 aliphatic heterocycles. The molecule has 0 aliphatic rings. The van der Waals surface area contributed by atoms with Crippen molar-refractivity contribution >= 4 is 23.0 Å². The Morgan fingerprint density at radius 1 is 0.966 bits per heavy atom. The van der Waals surface area contributed by atoms with Crippen molar-refractivity contribution in [3.8, 4) is 22.8 Å². The fourth-order valence-corrected chi connectivity index (χ4v) is 3.17. The fraction of sp³-hybridized carbons (Fsp3) is 0.182. The molecular weight excluding hydrogens is 366 g/mol. The second-order valence-electron chi connectivity index (χ2n) is 6.75. The van der Waals surface area contributed by atoms with Crippen molar-refractivity contribution in [3.63, 3.8) is 0 Å². The zero-order chi connectivity index (χ0) is 20.4. The molecule has 0 saturated heterocycles. The Morgan fingerprint density at radius 2 is 1.76 bits per heavy atom. The van der Waals surface area contributed by atoms with E-state index in [1.165, 1.54) is 0 Å². The van der Waals surface area contributed by atoms with Gasteiger partial charge in [-0.1, -0.05) is 6.07 Å². The van der Waals surface area contributed by atoms with E-state index >= 15 is 0 Å². The van der Waals surface area contributed by atoms with Gasteiger partial charge in [0.1, 0.15) is 17.1 Å². The number of imidazole rings is 1. The minimum atomic E-state index is 0.677. The molecule has 0 spiro atoms. The molecule has 0 unspecified atom stereocenters. The van der Waals surface area contributed by atoms with Crippen LogP contribution in [0.15, 0.2) is 60.9 Å². The molecule has 4 aromatic rings. The lowest BCUT2D eigenvalue weighted by Crippen LogP contribution is -2.10. The molecule has 29 heavy (non-hydrogen) atoms. The summed E-state index contributed by atoms with van der Waals surface area (Å²) in [7, 11) is 7.30. The molecule has 148 valence electrons. The third-order valence-corrected chi connectivity index (χ3v) is 4.69. The Kier molecular flexibility index (Phi) is 4.95. The summed E-state index contributed by atoms with van der Waals surface area (Å²) in [6.07, 6.45) is 3.64. The van der Waals surface area contributed by atoms with E-state index in [-0.39, 0.29) is 0 Å². The number of benzene rings is 2. The lowest BCUT2D eigenvalue weighted by atomic mass is 10.1. The first-order valence-corrected chi connectivity index (χ1v) is 9.20. The Labute approximate surface area is 169 Å². The predicted molar refractivity (Wildman–Crippen MR) is 116 cm³/mol. The van der Waals surface area contributed by atoms with E-state index in [2.05, 4.69) is 10.3 Å². The van der Waals surface area contributed by atoms with Crippen LogP contribution in [0.4, 0.5) is 17.3 Å². The zero-order valence-corrected chi connectivity index (χ0v) is 16.9. The van der Waals surface area contributed by atoms with E-state index in [4.69, 9.17) is 14.5 Å². The van der Waals surface area contributed by atoms with Gasteiger partial charge in [0.2, 0.25) is 5.95 Å². The normalized spacial score (nSPS) is 10.8. The van der Waals surface area contributed by atoms with Gasteiger partial charge in [0, 0.05) is 43.8 Å². The summed E-state index contributed by atoms with van der Waals surface area (Å²) in [5.41, 5.74) is 4.49. The van der Waals surface area contributed by atoms with Gasteiger partial charge in [-0.15, -0.1) is 0 Å². The van der Waals surface area contributed by atoms with Crippen molar-refractivity contribution < 1.29 is 9.47 Å². The Bertz CT molecular complexity index is 1140. The monoisotopic (exact) mass is 389 g/mol. The highest BCUT2D eigenvalue weighted by Crippen LogP contribution is 2.32. The summed E-state index contributed by atoms with van der Waals surface area (Å²) in [4.78, 5) is 11.3. The predicted octanol–water partition coefficient (Wildman–Crippen LogP) is 4.22. The van der Waals surface area contributed by atoms with Crippen molar-refractivity contribution in [3.05, 3.63) is 60.9 Å². The van der Waals surface area contributed by atoms with Crippen LogP contribution in [0, 0.1) is 0 Å². The van der Waals surface area contributed by atoms with Crippen LogP contribution in [0.25, 0.3) is 16.9 Å². The maximum Gasteiger partial charge on any atom is 0.213 e. The maximum atomic E-state index is 5.57. The van der Waals surface area contributed by atoms with Crippen LogP contribution in [0.1, 0.15) is 0 Å². The summed E-state index contributed by atoms with van der Waals surface area (Å²) in [6.45, 7) is 0.